The van der Waals surface area contributed by atoms with E-state index in [1.165, 1.54) is 0 Å². The van der Waals surface area contributed by atoms with Gasteiger partial charge in [-0.2, -0.15) is 0 Å². The Morgan fingerprint density at radius 3 is 2.13 bits per heavy atom. The molecule has 5 amide bonds. The van der Waals surface area contributed by atoms with Gasteiger partial charge in [-0.3, -0.25) is 19.2 Å². The fraction of sp³-hybridized carbons (Fsp3) is 0.400. The summed E-state index contributed by atoms with van der Waals surface area (Å²) in [5, 5.41) is 19.4. The lowest BCUT2D eigenvalue weighted by Crippen LogP contribution is -2.51. The zero-order valence-corrected chi connectivity index (χ0v) is 24.8. The van der Waals surface area contributed by atoms with Crippen LogP contribution in [0.1, 0.15) is 43.2 Å². The van der Waals surface area contributed by atoms with Crippen LogP contribution in [0.4, 0.5) is 10.5 Å². The Morgan fingerprint density at radius 2 is 1.49 bits per heavy atom. The minimum absolute atomic E-state index is 0.0141. The van der Waals surface area contributed by atoms with Gasteiger partial charge in [0.25, 0.3) is 0 Å². The van der Waals surface area contributed by atoms with Gasteiger partial charge in [0.15, 0.2) is 0 Å². The van der Waals surface area contributed by atoms with E-state index in [1.807, 2.05) is 0 Å². The second kappa shape index (κ2) is 19.2. The topological polar surface area (TPSA) is 258 Å². The summed E-state index contributed by atoms with van der Waals surface area (Å²) >= 11 is 0. The van der Waals surface area contributed by atoms with Crippen molar-refractivity contribution >= 4 is 41.4 Å². The van der Waals surface area contributed by atoms with Crippen LogP contribution >= 0.6 is 0 Å². The monoisotopic (exact) mass is 627 g/mol. The van der Waals surface area contributed by atoms with Crippen LogP contribution in [0.15, 0.2) is 54.6 Å². The number of carboxylic acids is 1. The number of carbonyl (C=O) groups is 6. The summed E-state index contributed by atoms with van der Waals surface area (Å²) in [4.78, 5) is 73.0. The molecule has 0 heterocycles. The molecule has 15 nitrogen and oxygen atoms in total. The Kier molecular flexibility index (Phi) is 15.3. The lowest BCUT2D eigenvalue weighted by molar-refractivity contribution is -0.141. The van der Waals surface area contributed by atoms with Crippen molar-refractivity contribution in [3.05, 3.63) is 65.7 Å². The quantitative estimate of drug-likeness (QED) is 0.0743. The first kappa shape index (κ1) is 36.0. The van der Waals surface area contributed by atoms with Crippen LogP contribution in [-0.4, -0.2) is 72.0 Å². The Hall–Kier alpha value is -5.18. The second-order valence-corrected chi connectivity index (χ2v) is 10.3. The Labute approximate surface area is 260 Å². The molecule has 0 radical (unpaired) electrons. The molecular formula is C30H41N7O8. The summed E-state index contributed by atoms with van der Waals surface area (Å²) in [7, 11) is 0. The average molecular weight is 628 g/mol. The zero-order chi connectivity index (χ0) is 33.2. The fourth-order valence-corrected chi connectivity index (χ4v) is 4.02. The number of carboxylic acid groups (broad SMARTS) is 1. The van der Waals surface area contributed by atoms with Gasteiger partial charge in [-0.15, -0.1) is 0 Å². The molecule has 0 aliphatic rings. The first-order valence-electron chi connectivity index (χ1n) is 14.4. The molecule has 15 heteroatoms. The normalized spacial score (nSPS) is 12.6. The molecule has 0 aliphatic carbocycles. The van der Waals surface area contributed by atoms with E-state index in [2.05, 4.69) is 21.3 Å². The summed E-state index contributed by atoms with van der Waals surface area (Å²) in [5.74, 6) is -3.81. The van der Waals surface area contributed by atoms with E-state index in [0.29, 0.717) is 42.6 Å². The molecule has 0 aliphatic heterocycles. The molecule has 11 N–H and O–H groups in total. The maximum Gasteiger partial charge on any atom is 0.408 e. The number of rotatable bonds is 19. The third-order valence-electron chi connectivity index (χ3n) is 6.59. The second-order valence-electron chi connectivity index (χ2n) is 10.3. The standard InChI is InChI=1S/C30H41N7O8/c31-21-11-9-19(10-12-21)16-24(29(42)43)36-26(39)17-35-28(41)23(37-30(44)45-18-20-6-2-1-3-7-20)13-14-25(38)34-15-5-4-8-22(32)27(33)40/h1-3,6-7,9-12,22-24H,4-5,8,13-18,31-32H2,(H2,33,40)(H,34,38)(H,35,41)(H,36,39)(H,37,44)(H,42,43). The number of alkyl carbamates (subject to hydrolysis) is 1. The van der Waals surface area contributed by atoms with Crippen molar-refractivity contribution in [2.75, 3.05) is 18.8 Å². The maximum atomic E-state index is 13.0. The van der Waals surface area contributed by atoms with E-state index in [9.17, 15) is 33.9 Å². The molecular weight excluding hydrogens is 586 g/mol. The molecule has 244 valence electrons. The number of benzene rings is 2. The molecule has 0 saturated carbocycles. The summed E-state index contributed by atoms with van der Waals surface area (Å²) in [6.45, 7) is -0.343. The van der Waals surface area contributed by atoms with E-state index < -0.39 is 60.4 Å². The SMILES string of the molecule is NC(=O)C(N)CCCCNC(=O)CCC(NC(=O)OCc1ccccc1)C(=O)NCC(=O)NC(Cc1ccc(N)cc1)C(=O)O. The van der Waals surface area contributed by atoms with Gasteiger partial charge in [0.05, 0.1) is 12.6 Å². The highest BCUT2D eigenvalue weighted by atomic mass is 16.5. The Balaban J connectivity index is 1.91. The number of nitrogens with two attached hydrogens (primary N) is 3. The van der Waals surface area contributed by atoms with Gasteiger partial charge >= 0.3 is 12.1 Å². The van der Waals surface area contributed by atoms with Crippen molar-refractivity contribution in [1.82, 2.24) is 21.3 Å². The number of nitrogen functional groups attached to an aromatic ring is 1. The van der Waals surface area contributed by atoms with Crippen molar-refractivity contribution in [3.63, 3.8) is 0 Å². The number of hydrogen-bond donors (Lipinski definition) is 8. The molecule has 2 aromatic carbocycles. The summed E-state index contributed by atoms with van der Waals surface area (Å²) < 4.78 is 5.19. The van der Waals surface area contributed by atoms with Crippen LogP contribution in [0.25, 0.3) is 0 Å². The third kappa shape index (κ3) is 14.7. The van der Waals surface area contributed by atoms with Crippen LogP contribution in [0.5, 0.6) is 0 Å². The minimum Gasteiger partial charge on any atom is -0.480 e. The number of anilines is 1. The van der Waals surface area contributed by atoms with E-state index in [0.717, 1.165) is 0 Å². The average Bonchev–Trinajstić information content (AvgIpc) is 3.01. The predicted molar refractivity (Wildman–Crippen MR) is 164 cm³/mol. The third-order valence-corrected chi connectivity index (χ3v) is 6.59. The Morgan fingerprint density at radius 1 is 0.800 bits per heavy atom. The number of hydrogen-bond acceptors (Lipinski definition) is 9. The van der Waals surface area contributed by atoms with E-state index in [1.54, 1.807) is 54.6 Å². The smallest absolute Gasteiger partial charge is 0.408 e. The molecule has 0 aromatic heterocycles. The van der Waals surface area contributed by atoms with Gasteiger partial charge in [0, 0.05) is 25.1 Å². The molecule has 0 fully saturated rings. The highest BCUT2D eigenvalue weighted by Gasteiger charge is 2.25. The summed E-state index contributed by atoms with van der Waals surface area (Å²) in [6, 6.07) is 12.1. The number of ether oxygens (including phenoxy) is 1. The largest absolute Gasteiger partial charge is 0.480 e. The first-order chi connectivity index (χ1) is 21.4. The van der Waals surface area contributed by atoms with E-state index in [-0.39, 0.29) is 25.9 Å². The van der Waals surface area contributed by atoms with Crippen LogP contribution < -0.4 is 38.5 Å². The summed E-state index contributed by atoms with van der Waals surface area (Å²) in [6.07, 6.45) is 0.294. The molecule has 2 aromatic rings. The molecule has 3 unspecified atom stereocenters. The van der Waals surface area contributed by atoms with Crippen molar-refractivity contribution < 1.29 is 38.6 Å². The number of amides is 5. The van der Waals surface area contributed by atoms with Gasteiger partial charge in [0.2, 0.25) is 23.6 Å². The van der Waals surface area contributed by atoms with Crippen LogP contribution in [0, 0.1) is 0 Å². The van der Waals surface area contributed by atoms with Gasteiger partial charge in [-0.1, -0.05) is 42.5 Å². The molecule has 0 bridgehead atoms. The first-order valence-corrected chi connectivity index (χ1v) is 14.4. The van der Waals surface area contributed by atoms with Gasteiger partial charge in [-0.25, -0.2) is 9.59 Å². The number of nitrogens with one attached hydrogen (secondary N) is 4. The van der Waals surface area contributed by atoms with Gasteiger partial charge in [-0.05, 0) is 48.9 Å². The maximum absolute atomic E-state index is 13.0. The van der Waals surface area contributed by atoms with Crippen molar-refractivity contribution in [2.45, 2.75) is 63.3 Å². The van der Waals surface area contributed by atoms with Crippen LogP contribution in [0.3, 0.4) is 0 Å². The molecule has 45 heavy (non-hydrogen) atoms. The van der Waals surface area contributed by atoms with Crippen molar-refractivity contribution in [1.29, 1.82) is 0 Å². The molecule has 3 atom stereocenters. The van der Waals surface area contributed by atoms with E-state index in [4.69, 9.17) is 21.9 Å². The molecule has 0 saturated heterocycles. The number of primary amides is 1. The lowest BCUT2D eigenvalue weighted by atomic mass is 10.1. The number of aliphatic carboxylic acids is 1. The van der Waals surface area contributed by atoms with Gasteiger partial charge in [0.1, 0.15) is 18.7 Å². The van der Waals surface area contributed by atoms with Crippen molar-refractivity contribution in [3.8, 4) is 0 Å². The lowest BCUT2D eigenvalue weighted by Gasteiger charge is -2.19. The molecule has 0 spiro atoms. The fourth-order valence-electron chi connectivity index (χ4n) is 4.02. The molecule has 2 rings (SSSR count). The van der Waals surface area contributed by atoms with Gasteiger partial charge < -0.3 is 48.3 Å². The highest BCUT2D eigenvalue weighted by molar-refractivity contribution is 5.91. The van der Waals surface area contributed by atoms with Crippen LogP contribution in [0.2, 0.25) is 0 Å². The van der Waals surface area contributed by atoms with E-state index >= 15 is 0 Å². The summed E-state index contributed by atoms with van der Waals surface area (Å²) in [5.41, 5.74) is 18.2. The van der Waals surface area contributed by atoms with Crippen molar-refractivity contribution in [2.24, 2.45) is 11.5 Å². The number of unbranched alkanes of at least 4 members (excludes halogenated alkanes) is 1. The zero-order valence-electron chi connectivity index (χ0n) is 24.8. The number of carbonyl (C=O) groups excluding carboxylic acids is 5. The minimum atomic E-state index is -1.27. The predicted octanol–water partition coefficient (Wildman–Crippen LogP) is -0.329. The highest BCUT2D eigenvalue weighted by Crippen LogP contribution is 2.09. The Bertz CT molecular complexity index is 1290. The van der Waals surface area contributed by atoms with Crippen LogP contribution in [-0.2, 0) is 41.7 Å².